The first-order chi connectivity index (χ1) is 12.5. The lowest BCUT2D eigenvalue weighted by atomic mass is 10.0. The average Bonchev–Trinajstić information content (AvgIpc) is 3.37. The van der Waals surface area contributed by atoms with Crippen LogP contribution in [0.2, 0.25) is 0 Å². The number of rotatable bonds is 7. The Balaban J connectivity index is 2.04. The van der Waals surface area contributed by atoms with Gasteiger partial charge in [-0.25, -0.2) is 8.42 Å². The molecule has 1 saturated carbocycles. The minimum atomic E-state index is -3.66. The van der Waals surface area contributed by atoms with Gasteiger partial charge < -0.3 is 9.47 Å². The molecule has 0 radical (unpaired) electrons. The molecular formula is C20H21NO4S. The molecule has 3 atom stereocenters. The number of sulfone groups is 1. The third kappa shape index (κ3) is 2.98. The van der Waals surface area contributed by atoms with Gasteiger partial charge in [0.05, 0.1) is 29.9 Å². The van der Waals surface area contributed by atoms with E-state index in [4.69, 9.17) is 9.47 Å². The lowest BCUT2D eigenvalue weighted by Crippen LogP contribution is -2.19. The number of hydrogen-bond donors (Lipinski definition) is 0. The van der Waals surface area contributed by atoms with E-state index in [-0.39, 0.29) is 11.5 Å². The van der Waals surface area contributed by atoms with E-state index in [9.17, 15) is 13.7 Å². The molecule has 5 nitrogen and oxygen atoms in total. The van der Waals surface area contributed by atoms with Gasteiger partial charge in [0.15, 0.2) is 9.84 Å². The minimum Gasteiger partial charge on any atom is -0.497 e. The van der Waals surface area contributed by atoms with E-state index in [0.717, 1.165) is 5.56 Å². The van der Waals surface area contributed by atoms with Crippen molar-refractivity contribution in [2.24, 2.45) is 5.41 Å². The van der Waals surface area contributed by atoms with Crippen LogP contribution in [0.1, 0.15) is 18.4 Å². The van der Waals surface area contributed by atoms with Crippen LogP contribution in [0.4, 0.5) is 0 Å². The zero-order valence-electron chi connectivity index (χ0n) is 14.8. The van der Waals surface area contributed by atoms with Crippen molar-refractivity contribution >= 4 is 9.84 Å². The van der Waals surface area contributed by atoms with Crippen molar-refractivity contribution in [3.8, 4) is 11.8 Å². The number of benzene rings is 2. The van der Waals surface area contributed by atoms with Gasteiger partial charge in [0.1, 0.15) is 11.2 Å². The highest BCUT2D eigenvalue weighted by Gasteiger charge is 2.72. The van der Waals surface area contributed by atoms with Crippen LogP contribution in [-0.2, 0) is 14.6 Å². The molecule has 0 bridgehead atoms. The van der Waals surface area contributed by atoms with E-state index in [1.807, 2.05) is 19.1 Å². The molecule has 0 amide bonds. The first-order valence-corrected chi connectivity index (χ1v) is 9.97. The van der Waals surface area contributed by atoms with Crippen LogP contribution in [0.15, 0.2) is 59.5 Å². The predicted octanol–water partition coefficient (Wildman–Crippen LogP) is 3.18. The van der Waals surface area contributed by atoms with Crippen LogP contribution in [-0.4, -0.2) is 34.0 Å². The largest absolute Gasteiger partial charge is 0.497 e. The van der Waals surface area contributed by atoms with Gasteiger partial charge in [-0.05, 0) is 36.8 Å². The maximum absolute atomic E-state index is 13.2. The second-order valence-electron chi connectivity index (χ2n) is 6.32. The smallest absolute Gasteiger partial charge is 0.183 e. The van der Waals surface area contributed by atoms with E-state index >= 15 is 0 Å². The quantitative estimate of drug-likeness (QED) is 0.747. The van der Waals surface area contributed by atoms with E-state index < -0.39 is 26.4 Å². The summed E-state index contributed by atoms with van der Waals surface area (Å²) < 4.78 is 37.1. The van der Waals surface area contributed by atoms with Crippen LogP contribution in [0.25, 0.3) is 0 Å². The second-order valence-corrected chi connectivity index (χ2v) is 8.39. The first kappa shape index (κ1) is 18.4. The molecule has 0 saturated heterocycles. The summed E-state index contributed by atoms with van der Waals surface area (Å²) in [6.07, 6.45) is 0. The number of ether oxygens (including phenoxy) is 2. The van der Waals surface area contributed by atoms with Crippen molar-refractivity contribution in [1.29, 1.82) is 5.26 Å². The highest BCUT2D eigenvalue weighted by atomic mass is 32.2. The second kappa shape index (κ2) is 7.10. The molecule has 0 spiro atoms. The molecule has 0 unspecified atom stereocenters. The Morgan fingerprint density at radius 2 is 1.77 bits per heavy atom. The molecule has 136 valence electrons. The molecule has 0 heterocycles. The topological polar surface area (TPSA) is 76.4 Å². The third-order valence-corrected chi connectivity index (χ3v) is 7.18. The van der Waals surface area contributed by atoms with Crippen molar-refractivity contribution in [1.82, 2.24) is 0 Å². The Labute approximate surface area is 154 Å². The molecule has 2 aromatic rings. The van der Waals surface area contributed by atoms with Gasteiger partial charge in [-0.1, -0.05) is 30.3 Å². The molecule has 1 fully saturated rings. The predicted molar refractivity (Wildman–Crippen MR) is 97.7 cm³/mol. The number of nitriles is 1. The van der Waals surface area contributed by atoms with Crippen molar-refractivity contribution in [2.75, 3.05) is 20.3 Å². The fourth-order valence-electron chi connectivity index (χ4n) is 3.51. The van der Waals surface area contributed by atoms with Crippen LogP contribution in [0.5, 0.6) is 5.75 Å². The summed E-state index contributed by atoms with van der Waals surface area (Å²) in [5.41, 5.74) is -0.282. The molecule has 26 heavy (non-hydrogen) atoms. The third-order valence-electron chi connectivity index (χ3n) is 4.89. The first-order valence-electron chi connectivity index (χ1n) is 8.43. The molecule has 0 N–H and O–H groups in total. The maximum Gasteiger partial charge on any atom is 0.183 e. The van der Waals surface area contributed by atoms with Crippen molar-refractivity contribution in [3.63, 3.8) is 0 Å². The summed E-state index contributed by atoms with van der Waals surface area (Å²) >= 11 is 0. The van der Waals surface area contributed by atoms with E-state index in [1.54, 1.807) is 49.6 Å². The number of hydrogen-bond acceptors (Lipinski definition) is 5. The van der Waals surface area contributed by atoms with Gasteiger partial charge in [-0.2, -0.15) is 5.26 Å². The lowest BCUT2D eigenvalue weighted by molar-refractivity contribution is 0.117. The van der Waals surface area contributed by atoms with Gasteiger partial charge in [0.25, 0.3) is 0 Å². The zero-order chi connectivity index (χ0) is 18.8. The lowest BCUT2D eigenvalue weighted by Gasteiger charge is -2.09. The van der Waals surface area contributed by atoms with Crippen molar-refractivity contribution < 1.29 is 17.9 Å². The summed E-state index contributed by atoms with van der Waals surface area (Å²) in [6.45, 7) is 2.35. The summed E-state index contributed by atoms with van der Waals surface area (Å²) in [7, 11) is -2.09. The van der Waals surface area contributed by atoms with Gasteiger partial charge in [-0.15, -0.1) is 0 Å². The molecule has 2 aromatic carbocycles. The average molecular weight is 371 g/mol. The zero-order valence-corrected chi connectivity index (χ0v) is 15.6. The van der Waals surface area contributed by atoms with Gasteiger partial charge in [0, 0.05) is 12.5 Å². The standard InChI is InChI=1S/C20H21NO4S/c1-3-25-14-20(13-21)18(15-9-11-16(24-2)12-10-15)19(20)26(22,23)17-7-5-4-6-8-17/h4-12,18-19H,3,14H2,1-2H3/t18-,19+,20-/m1/s1. The van der Waals surface area contributed by atoms with Crippen LogP contribution in [0, 0.1) is 16.7 Å². The highest BCUT2D eigenvalue weighted by Crippen LogP contribution is 2.64. The van der Waals surface area contributed by atoms with Crippen LogP contribution in [0.3, 0.4) is 0 Å². The van der Waals surface area contributed by atoms with Crippen LogP contribution < -0.4 is 4.74 Å². The Hall–Kier alpha value is -2.36. The Morgan fingerprint density at radius 1 is 1.12 bits per heavy atom. The van der Waals surface area contributed by atoms with Gasteiger partial charge in [-0.3, -0.25) is 0 Å². The van der Waals surface area contributed by atoms with Crippen molar-refractivity contribution in [2.45, 2.75) is 23.0 Å². The minimum absolute atomic E-state index is 0.0907. The van der Waals surface area contributed by atoms with Crippen LogP contribution >= 0.6 is 0 Å². The van der Waals surface area contributed by atoms with Gasteiger partial charge >= 0.3 is 0 Å². The monoisotopic (exact) mass is 371 g/mol. The number of nitrogens with zero attached hydrogens (tertiary/aromatic N) is 1. The summed E-state index contributed by atoms with van der Waals surface area (Å²) in [6, 6.07) is 17.7. The Morgan fingerprint density at radius 3 is 2.31 bits per heavy atom. The fraction of sp³-hybridized carbons (Fsp3) is 0.350. The summed E-state index contributed by atoms with van der Waals surface area (Å²) in [5, 5.41) is 9.05. The SMILES string of the molecule is CCOC[C@]1(C#N)[C@H](c2ccc(OC)cc2)[C@@H]1S(=O)(=O)c1ccccc1. The van der Waals surface area contributed by atoms with Gasteiger partial charge in [0.2, 0.25) is 0 Å². The molecule has 6 heteroatoms. The molecule has 1 aliphatic rings. The maximum atomic E-state index is 13.2. The van der Waals surface area contributed by atoms with Crippen molar-refractivity contribution in [3.05, 3.63) is 60.2 Å². The fourth-order valence-corrected chi connectivity index (χ4v) is 5.84. The summed E-state index contributed by atoms with van der Waals surface area (Å²) in [5.74, 6) is 0.249. The van der Waals surface area contributed by atoms with E-state index in [1.165, 1.54) is 0 Å². The van der Waals surface area contributed by atoms with E-state index in [2.05, 4.69) is 6.07 Å². The normalized spacial score (nSPS) is 24.7. The number of methoxy groups -OCH3 is 1. The Kier molecular flexibility index (Phi) is 5.03. The molecule has 0 aliphatic heterocycles. The summed E-state index contributed by atoms with van der Waals surface area (Å²) in [4.78, 5) is 0.233. The molecule has 1 aliphatic carbocycles. The highest BCUT2D eigenvalue weighted by molar-refractivity contribution is 7.92. The molecule has 3 rings (SSSR count). The molecule has 0 aromatic heterocycles. The van der Waals surface area contributed by atoms with E-state index in [0.29, 0.717) is 12.4 Å². The molecular weight excluding hydrogens is 350 g/mol. The Bertz CT molecular complexity index is 903.